The Bertz CT molecular complexity index is 101. The van der Waals surface area contributed by atoms with Crippen LogP contribution in [0.1, 0.15) is 13.8 Å². The molecule has 0 unspecified atom stereocenters. The molecule has 0 saturated heterocycles. The van der Waals surface area contributed by atoms with Gasteiger partial charge in [-0.25, -0.2) is 0 Å². The Morgan fingerprint density at radius 2 is 2.00 bits per heavy atom. The van der Waals surface area contributed by atoms with Gasteiger partial charge in [0.1, 0.15) is 5.60 Å². The van der Waals surface area contributed by atoms with Gasteiger partial charge in [0.15, 0.2) is 0 Å². The summed E-state index contributed by atoms with van der Waals surface area (Å²) in [6, 6.07) is 0. The minimum absolute atomic E-state index is 0.943. The number of aliphatic hydroxyl groups is 1. The van der Waals surface area contributed by atoms with Gasteiger partial charge in [-0.1, -0.05) is 5.92 Å². The van der Waals surface area contributed by atoms with E-state index in [0.29, 0.717) is 0 Å². The van der Waals surface area contributed by atoms with Crippen LogP contribution in [0, 0.1) is 11.3 Å². The summed E-state index contributed by atoms with van der Waals surface area (Å²) in [4.78, 5) is 0. The van der Waals surface area contributed by atoms with Gasteiger partial charge in [-0.2, -0.15) is 0 Å². The fourth-order valence-corrected chi connectivity index (χ4v) is 0.347. The average molecular weight is 119 g/mol. The first-order valence-corrected chi connectivity index (χ1v) is 2.29. The molecule has 0 amide bonds. The molecule has 0 aliphatic rings. The average Bonchev–Trinajstić information content (AvgIpc) is 1.30. The van der Waals surface area contributed by atoms with Gasteiger partial charge in [0.2, 0.25) is 0 Å². The van der Waals surface area contributed by atoms with Crippen molar-refractivity contribution >= 4 is 11.6 Å². The summed E-state index contributed by atoms with van der Waals surface area (Å²) in [6.07, 6.45) is 0. The van der Waals surface area contributed by atoms with E-state index in [1.165, 1.54) is 0 Å². The second kappa shape index (κ2) is 2.20. The molecule has 40 valence electrons. The smallest absolute Gasteiger partial charge is 0.121 e. The molecule has 0 atom stereocenters. The van der Waals surface area contributed by atoms with Crippen LogP contribution < -0.4 is 0 Å². The van der Waals surface area contributed by atoms with Crippen LogP contribution in [-0.4, -0.2) is 10.7 Å². The summed E-state index contributed by atoms with van der Waals surface area (Å²) in [6.45, 7) is 3.14. The van der Waals surface area contributed by atoms with Crippen LogP contribution in [-0.2, 0) is 0 Å². The molecule has 2 heteroatoms. The maximum atomic E-state index is 8.76. The van der Waals surface area contributed by atoms with E-state index in [9.17, 15) is 0 Å². The van der Waals surface area contributed by atoms with E-state index in [1.807, 2.05) is 0 Å². The molecule has 0 radical (unpaired) electrons. The third-order valence-electron chi connectivity index (χ3n) is 0.353. The van der Waals surface area contributed by atoms with Crippen molar-refractivity contribution in [3.63, 3.8) is 0 Å². The highest BCUT2D eigenvalue weighted by Crippen LogP contribution is 1.95. The molecule has 7 heavy (non-hydrogen) atoms. The van der Waals surface area contributed by atoms with Crippen molar-refractivity contribution in [2.45, 2.75) is 19.4 Å². The maximum absolute atomic E-state index is 8.76. The van der Waals surface area contributed by atoms with Crippen molar-refractivity contribution in [1.82, 2.24) is 0 Å². The standard InChI is InChI=1S/C5H7ClO/c1-5(2,7)3-4-6/h7H,1-2H3. The van der Waals surface area contributed by atoms with Crippen molar-refractivity contribution in [3.05, 3.63) is 0 Å². The molecule has 0 bridgehead atoms. The molecule has 0 aliphatic heterocycles. The number of rotatable bonds is 0. The third kappa shape index (κ3) is 5.81. The van der Waals surface area contributed by atoms with Gasteiger partial charge in [-0.3, -0.25) is 0 Å². The minimum Gasteiger partial charge on any atom is -0.378 e. The predicted octanol–water partition coefficient (Wildman–Crippen LogP) is 0.957. The zero-order valence-corrected chi connectivity index (χ0v) is 5.08. The quantitative estimate of drug-likeness (QED) is 0.470. The fraction of sp³-hybridized carbons (Fsp3) is 0.600. The van der Waals surface area contributed by atoms with Gasteiger partial charge in [0.25, 0.3) is 0 Å². The molecule has 0 aromatic carbocycles. The highest BCUT2D eigenvalue weighted by Gasteiger charge is 2.04. The van der Waals surface area contributed by atoms with Crippen molar-refractivity contribution in [3.8, 4) is 11.3 Å². The monoisotopic (exact) mass is 118 g/mol. The van der Waals surface area contributed by atoms with Gasteiger partial charge in [0, 0.05) is 5.38 Å². The van der Waals surface area contributed by atoms with E-state index in [4.69, 9.17) is 16.7 Å². The van der Waals surface area contributed by atoms with E-state index in [1.54, 1.807) is 13.8 Å². The number of hydrogen-bond donors (Lipinski definition) is 1. The van der Waals surface area contributed by atoms with Gasteiger partial charge in [0.05, 0.1) is 0 Å². The third-order valence-corrected chi connectivity index (χ3v) is 0.448. The first-order chi connectivity index (χ1) is 3.06. The van der Waals surface area contributed by atoms with Gasteiger partial charge in [-0.15, -0.1) is 0 Å². The Hall–Kier alpha value is -0.190. The zero-order chi connectivity index (χ0) is 5.91. The Balaban J connectivity index is 3.72. The Morgan fingerprint density at radius 1 is 1.57 bits per heavy atom. The van der Waals surface area contributed by atoms with Crippen LogP contribution in [0.25, 0.3) is 0 Å². The highest BCUT2D eigenvalue weighted by atomic mass is 35.5. The van der Waals surface area contributed by atoms with Crippen LogP contribution in [0.5, 0.6) is 0 Å². The molecule has 0 aromatic heterocycles. The predicted molar refractivity (Wildman–Crippen MR) is 29.9 cm³/mol. The molecule has 0 rings (SSSR count). The van der Waals surface area contributed by atoms with Crippen LogP contribution in [0.2, 0.25) is 0 Å². The van der Waals surface area contributed by atoms with Crippen LogP contribution in [0.15, 0.2) is 0 Å². The molecule has 0 fully saturated rings. The molecule has 0 aromatic rings. The van der Waals surface area contributed by atoms with Gasteiger partial charge in [-0.05, 0) is 25.4 Å². The largest absolute Gasteiger partial charge is 0.378 e. The van der Waals surface area contributed by atoms with E-state index in [2.05, 4.69) is 11.3 Å². The van der Waals surface area contributed by atoms with Crippen LogP contribution in [0.3, 0.4) is 0 Å². The summed E-state index contributed by atoms with van der Waals surface area (Å²) in [7, 11) is 0. The Morgan fingerprint density at radius 3 is 2.00 bits per heavy atom. The molecular formula is C5H7ClO. The van der Waals surface area contributed by atoms with Crippen molar-refractivity contribution in [2.75, 3.05) is 0 Å². The summed E-state index contributed by atoms with van der Waals surface area (Å²) in [5, 5.41) is 10.8. The molecule has 0 spiro atoms. The molecule has 0 heterocycles. The lowest BCUT2D eigenvalue weighted by molar-refractivity contribution is 0.144. The number of hydrogen-bond acceptors (Lipinski definition) is 1. The first-order valence-electron chi connectivity index (χ1n) is 1.91. The zero-order valence-electron chi connectivity index (χ0n) is 4.33. The Kier molecular flexibility index (Phi) is 2.14. The van der Waals surface area contributed by atoms with Gasteiger partial charge < -0.3 is 5.11 Å². The first kappa shape index (κ1) is 6.81. The van der Waals surface area contributed by atoms with Gasteiger partial charge >= 0.3 is 0 Å². The molecule has 0 saturated carbocycles. The maximum Gasteiger partial charge on any atom is 0.121 e. The molecule has 1 nitrogen and oxygen atoms in total. The molecular weight excluding hydrogens is 112 g/mol. The van der Waals surface area contributed by atoms with E-state index in [0.717, 1.165) is 0 Å². The van der Waals surface area contributed by atoms with E-state index >= 15 is 0 Å². The topological polar surface area (TPSA) is 20.2 Å². The van der Waals surface area contributed by atoms with Crippen LogP contribution >= 0.6 is 11.6 Å². The Labute approximate surface area is 48.3 Å². The summed E-state index contributed by atoms with van der Waals surface area (Å²) in [5.41, 5.74) is -0.943. The molecule has 0 aliphatic carbocycles. The fourth-order valence-electron chi connectivity index (χ4n) is 0.116. The SMILES string of the molecule is CC(C)(O)C#CCl. The summed E-state index contributed by atoms with van der Waals surface area (Å²) in [5.74, 6) is 2.36. The second-order valence-electron chi connectivity index (χ2n) is 1.78. The summed E-state index contributed by atoms with van der Waals surface area (Å²) < 4.78 is 0. The van der Waals surface area contributed by atoms with Crippen molar-refractivity contribution < 1.29 is 5.11 Å². The lowest BCUT2D eigenvalue weighted by Crippen LogP contribution is -2.13. The summed E-state index contributed by atoms with van der Waals surface area (Å²) >= 11 is 4.97. The normalized spacial score (nSPS) is 9.71. The number of halogens is 1. The van der Waals surface area contributed by atoms with Crippen molar-refractivity contribution in [1.29, 1.82) is 0 Å². The molecule has 1 N–H and O–H groups in total. The minimum atomic E-state index is -0.943. The highest BCUT2D eigenvalue weighted by molar-refractivity contribution is 6.30. The lowest BCUT2D eigenvalue weighted by atomic mass is 10.2. The van der Waals surface area contributed by atoms with Crippen molar-refractivity contribution in [2.24, 2.45) is 0 Å². The second-order valence-corrected chi connectivity index (χ2v) is 1.97. The lowest BCUT2D eigenvalue weighted by Gasteiger charge is -2.04. The van der Waals surface area contributed by atoms with Crippen LogP contribution in [0.4, 0.5) is 0 Å². The van der Waals surface area contributed by atoms with E-state index < -0.39 is 5.60 Å². The van der Waals surface area contributed by atoms with E-state index in [-0.39, 0.29) is 0 Å².